The van der Waals surface area contributed by atoms with Crippen molar-refractivity contribution in [2.24, 2.45) is 0 Å². The summed E-state index contributed by atoms with van der Waals surface area (Å²) in [6.45, 7) is 3.83. The van der Waals surface area contributed by atoms with Gasteiger partial charge in [0.15, 0.2) is 0 Å². The van der Waals surface area contributed by atoms with Crippen LogP contribution in [0.15, 0.2) is 67.3 Å². The Morgan fingerprint density at radius 3 is 2.33 bits per heavy atom. The fourth-order valence-electron chi connectivity index (χ4n) is 1.79. The van der Waals surface area contributed by atoms with Crippen LogP contribution in [0.4, 0.5) is 0 Å². The largest absolute Gasteiger partial charge is 0.496 e. The normalized spacial score (nSPS) is 11.6. The van der Waals surface area contributed by atoms with Gasteiger partial charge in [0.2, 0.25) is 0 Å². The summed E-state index contributed by atoms with van der Waals surface area (Å²) in [6.07, 6.45) is 1.55. The van der Waals surface area contributed by atoms with Crippen LogP contribution in [-0.4, -0.2) is 7.11 Å². The van der Waals surface area contributed by atoms with Crippen molar-refractivity contribution in [1.29, 1.82) is 0 Å². The smallest absolute Gasteiger partial charge is 0.145 e. The number of hydrogen-bond acceptors (Lipinski definition) is 2. The minimum absolute atomic E-state index is 0.219. The van der Waals surface area contributed by atoms with Crippen molar-refractivity contribution in [2.45, 2.75) is 6.10 Å². The zero-order valence-electron chi connectivity index (χ0n) is 10.4. The van der Waals surface area contributed by atoms with E-state index in [4.69, 9.17) is 9.47 Å². The minimum Gasteiger partial charge on any atom is -0.496 e. The number of ether oxygens (including phenoxy) is 2. The first-order chi connectivity index (χ1) is 8.85. The average molecular weight is 240 g/mol. The molecule has 2 aromatic carbocycles. The second-order valence-electron chi connectivity index (χ2n) is 3.83. The fraction of sp³-hybridized carbons (Fsp3) is 0.125. The summed E-state index contributed by atoms with van der Waals surface area (Å²) in [7, 11) is 1.65. The van der Waals surface area contributed by atoms with E-state index in [1.165, 1.54) is 0 Å². The molecule has 0 fully saturated rings. The van der Waals surface area contributed by atoms with Crippen molar-refractivity contribution in [3.05, 3.63) is 72.8 Å². The lowest BCUT2D eigenvalue weighted by Crippen LogP contribution is -2.06. The van der Waals surface area contributed by atoms with E-state index in [9.17, 15) is 0 Å². The lowest BCUT2D eigenvalue weighted by atomic mass is 10.1. The molecule has 2 aromatic rings. The first kappa shape index (κ1) is 12.2. The molecule has 1 unspecified atom stereocenters. The van der Waals surface area contributed by atoms with Gasteiger partial charge < -0.3 is 9.47 Å². The van der Waals surface area contributed by atoms with Crippen molar-refractivity contribution >= 4 is 0 Å². The number of hydrogen-bond donors (Lipinski definition) is 0. The highest BCUT2D eigenvalue weighted by atomic mass is 16.5. The Hall–Kier alpha value is -2.22. The van der Waals surface area contributed by atoms with Gasteiger partial charge in [0.1, 0.15) is 17.6 Å². The average Bonchev–Trinajstić information content (AvgIpc) is 2.46. The van der Waals surface area contributed by atoms with E-state index in [2.05, 4.69) is 6.58 Å². The number of para-hydroxylation sites is 2. The van der Waals surface area contributed by atoms with Gasteiger partial charge in [-0.1, -0.05) is 43.0 Å². The van der Waals surface area contributed by atoms with E-state index in [0.717, 1.165) is 17.1 Å². The maximum Gasteiger partial charge on any atom is 0.145 e. The van der Waals surface area contributed by atoms with Gasteiger partial charge in [-0.3, -0.25) is 0 Å². The molecule has 0 radical (unpaired) electrons. The van der Waals surface area contributed by atoms with Crippen molar-refractivity contribution in [3.8, 4) is 11.5 Å². The lowest BCUT2D eigenvalue weighted by Gasteiger charge is -2.18. The second-order valence-corrected chi connectivity index (χ2v) is 3.83. The van der Waals surface area contributed by atoms with Crippen LogP contribution in [0.25, 0.3) is 0 Å². The molecule has 0 N–H and O–H groups in total. The van der Waals surface area contributed by atoms with Gasteiger partial charge in [0.25, 0.3) is 0 Å². The molecule has 0 spiro atoms. The monoisotopic (exact) mass is 240 g/mol. The van der Waals surface area contributed by atoms with Gasteiger partial charge in [-0.05, 0) is 24.3 Å². The molecule has 0 aliphatic rings. The summed E-state index contributed by atoms with van der Waals surface area (Å²) in [5.74, 6) is 1.62. The Kier molecular flexibility index (Phi) is 4.02. The molecule has 18 heavy (non-hydrogen) atoms. The van der Waals surface area contributed by atoms with Crippen LogP contribution < -0.4 is 9.47 Å². The number of methoxy groups -OCH3 is 1. The first-order valence-electron chi connectivity index (χ1n) is 5.82. The van der Waals surface area contributed by atoms with E-state index in [1.807, 2.05) is 54.6 Å². The third-order valence-corrected chi connectivity index (χ3v) is 2.67. The number of benzene rings is 2. The van der Waals surface area contributed by atoms with Gasteiger partial charge >= 0.3 is 0 Å². The van der Waals surface area contributed by atoms with Crippen LogP contribution in [0.5, 0.6) is 11.5 Å². The highest BCUT2D eigenvalue weighted by Crippen LogP contribution is 2.29. The van der Waals surface area contributed by atoms with E-state index >= 15 is 0 Å². The Labute approximate surface area is 107 Å². The lowest BCUT2D eigenvalue weighted by molar-refractivity contribution is 0.249. The molecule has 92 valence electrons. The Morgan fingerprint density at radius 2 is 1.67 bits per heavy atom. The van der Waals surface area contributed by atoms with Crippen LogP contribution in [0.1, 0.15) is 11.7 Å². The van der Waals surface area contributed by atoms with Crippen LogP contribution in [-0.2, 0) is 0 Å². The number of rotatable bonds is 5. The van der Waals surface area contributed by atoms with Crippen LogP contribution in [0, 0.1) is 0 Å². The summed E-state index contributed by atoms with van der Waals surface area (Å²) in [5.41, 5.74) is 0.971. The topological polar surface area (TPSA) is 18.5 Å². The Bertz CT molecular complexity index is 506. The Morgan fingerprint density at radius 1 is 1.00 bits per heavy atom. The molecule has 0 saturated heterocycles. The molecule has 0 aromatic heterocycles. The van der Waals surface area contributed by atoms with Gasteiger partial charge in [-0.2, -0.15) is 0 Å². The van der Waals surface area contributed by atoms with Gasteiger partial charge in [0, 0.05) is 5.56 Å². The molecule has 2 nitrogen and oxygen atoms in total. The molecule has 0 aliphatic carbocycles. The van der Waals surface area contributed by atoms with Crippen molar-refractivity contribution in [3.63, 3.8) is 0 Å². The summed E-state index contributed by atoms with van der Waals surface area (Å²) >= 11 is 0. The quantitative estimate of drug-likeness (QED) is 0.735. The highest BCUT2D eigenvalue weighted by molar-refractivity contribution is 5.38. The third kappa shape index (κ3) is 2.72. The zero-order chi connectivity index (χ0) is 12.8. The molecular weight excluding hydrogens is 224 g/mol. The maximum absolute atomic E-state index is 5.89. The van der Waals surface area contributed by atoms with E-state index < -0.39 is 0 Å². The minimum atomic E-state index is -0.219. The Balaban J connectivity index is 2.26. The molecule has 0 aliphatic heterocycles. The van der Waals surface area contributed by atoms with Crippen molar-refractivity contribution < 1.29 is 9.47 Å². The predicted octanol–water partition coefficient (Wildman–Crippen LogP) is 4.00. The summed E-state index contributed by atoms with van der Waals surface area (Å²) in [6, 6.07) is 17.5. The SMILES string of the molecule is C=CC(Oc1ccccc1)c1ccccc1OC. The fourth-order valence-corrected chi connectivity index (χ4v) is 1.79. The van der Waals surface area contributed by atoms with Gasteiger partial charge in [0.05, 0.1) is 7.11 Å². The molecule has 0 saturated carbocycles. The summed E-state index contributed by atoms with van der Waals surface area (Å²) in [5, 5.41) is 0. The summed E-state index contributed by atoms with van der Waals surface area (Å²) in [4.78, 5) is 0. The first-order valence-corrected chi connectivity index (χ1v) is 5.82. The van der Waals surface area contributed by atoms with Crippen LogP contribution in [0.3, 0.4) is 0 Å². The molecule has 0 amide bonds. The summed E-state index contributed by atoms with van der Waals surface area (Å²) < 4.78 is 11.2. The van der Waals surface area contributed by atoms with E-state index in [-0.39, 0.29) is 6.10 Å². The van der Waals surface area contributed by atoms with Crippen LogP contribution >= 0.6 is 0 Å². The highest BCUT2D eigenvalue weighted by Gasteiger charge is 2.13. The molecule has 1 atom stereocenters. The maximum atomic E-state index is 5.89. The zero-order valence-corrected chi connectivity index (χ0v) is 10.4. The molecule has 0 heterocycles. The third-order valence-electron chi connectivity index (χ3n) is 2.67. The predicted molar refractivity (Wildman–Crippen MR) is 73.0 cm³/mol. The van der Waals surface area contributed by atoms with Gasteiger partial charge in [-0.25, -0.2) is 0 Å². The van der Waals surface area contributed by atoms with Crippen LogP contribution in [0.2, 0.25) is 0 Å². The molecular formula is C16H16O2. The standard InChI is InChI=1S/C16H16O2/c1-3-15(18-13-9-5-4-6-10-13)14-11-7-8-12-16(14)17-2/h3-12,15H,1H2,2H3. The second kappa shape index (κ2) is 5.92. The van der Waals surface area contributed by atoms with Crippen molar-refractivity contribution in [1.82, 2.24) is 0 Å². The molecule has 2 rings (SSSR count). The van der Waals surface area contributed by atoms with Crippen molar-refractivity contribution in [2.75, 3.05) is 7.11 Å². The van der Waals surface area contributed by atoms with Gasteiger partial charge in [-0.15, -0.1) is 0 Å². The molecule has 2 heteroatoms. The molecule has 0 bridgehead atoms. The van der Waals surface area contributed by atoms with E-state index in [1.54, 1.807) is 13.2 Å². The van der Waals surface area contributed by atoms with E-state index in [0.29, 0.717) is 0 Å².